The Bertz CT molecular complexity index is 294. The summed E-state index contributed by atoms with van der Waals surface area (Å²) in [7, 11) is 0. The van der Waals surface area contributed by atoms with E-state index in [0.29, 0.717) is 6.10 Å². The zero-order valence-electron chi connectivity index (χ0n) is 11.6. The fraction of sp³-hybridized carbons (Fsp3) is 0.929. The maximum Gasteiger partial charge on any atom is 0.219 e. The number of carbonyl (C=O) groups excluding carboxylic acids is 1. The summed E-state index contributed by atoms with van der Waals surface area (Å²) in [5.74, 6) is 0.193. The van der Waals surface area contributed by atoms with Crippen molar-refractivity contribution in [2.45, 2.75) is 65.1 Å². The van der Waals surface area contributed by atoms with Crippen LogP contribution in [0.4, 0.5) is 0 Å². The molecule has 0 aromatic rings. The normalized spacial score (nSPS) is 24.8. The molecule has 0 aromatic carbocycles. The van der Waals surface area contributed by atoms with Crippen LogP contribution in [0.2, 0.25) is 0 Å². The molecule has 0 aromatic heterocycles. The molecule has 1 aliphatic carbocycles. The lowest BCUT2D eigenvalue weighted by Gasteiger charge is -2.49. The third-order valence-electron chi connectivity index (χ3n) is 4.30. The van der Waals surface area contributed by atoms with E-state index in [1.165, 1.54) is 12.8 Å². The molecule has 0 bridgehead atoms. The highest BCUT2D eigenvalue weighted by molar-refractivity contribution is 5.73. The molecule has 0 atom stereocenters. The first-order valence-corrected chi connectivity index (χ1v) is 6.77. The van der Waals surface area contributed by atoms with E-state index in [1.54, 1.807) is 6.92 Å². The molecule has 2 rings (SSSR count). The van der Waals surface area contributed by atoms with Gasteiger partial charge in [0.25, 0.3) is 0 Å². The van der Waals surface area contributed by atoms with Crippen LogP contribution < -0.4 is 0 Å². The van der Waals surface area contributed by atoms with Gasteiger partial charge in [-0.05, 0) is 31.1 Å². The van der Waals surface area contributed by atoms with E-state index in [4.69, 9.17) is 4.74 Å². The third kappa shape index (κ3) is 2.65. The van der Waals surface area contributed by atoms with Crippen molar-refractivity contribution in [1.29, 1.82) is 0 Å². The van der Waals surface area contributed by atoms with Gasteiger partial charge < -0.3 is 9.64 Å². The number of nitrogens with zero attached hydrogens (tertiary/aromatic N) is 1. The van der Waals surface area contributed by atoms with Crippen LogP contribution in [0.5, 0.6) is 0 Å². The first-order chi connectivity index (χ1) is 7.84. The Kier molecular flexibility index (Phi) is 3.23. The lowest BCUT2D eigenvalue weighted by atomic mass is 9.70. The summed E-state index contributed by atoms with van der Waals surface area (Å²) in [5.41, 5.74) is 0.124. The van der Waals surface area contributed by atoms with E-state index in [2.05, 4.69) is 20.8 Å². The van der Waals surface area contributed by atoms with Gasteiger partial charge in [0.2, 0.25) is 5.91 Å². The van der Waals surface area contributed by atoms with E-state index >= 15 is 0 Å². The summed E-state index contributed by atoms with van der Waals surface area (Å²) < 4.78 is 6.34. The Hall–Kier alpha value is -0.570. The van der Waals surface area contributed by atoms with Crippen LogP contribution in [0.15, 0.2) is 0 Å². The average molecular weight is 239 g/mol. The molecule has 17 heavy (non-hydrogen) atoms. The summed E-state index contributed by atoms with van der Waals surface area (Å²) >= 11 is 0. The van der Waals surface area contributed by atoms with Crippen LogP contribution in [-0.4, -0.2) is 35.6 Å². The predicted molar refractivity (Wildman–Crippen MR) is 67.8 cm³/mol. The van der Waals surface area contributed by atoms with Gasteiger partial charge >= 0.3 is 0 Å². The van der Waals surface area contributed by atoms with Crippen molar-refractivity contribution in [2.24, 2.45) is 5.41 Å². The smallest absolute Gasteiger partial charge is 0.219 e. The monoisotopic (exact) mass is 239 g/mol. The summed E-state index contributed by atoms with van der Waals surface area (Å²) in [6.45, 7) is 10.1. The van der Waals surface area contributed by atoms with Gasteiger partial charge in [-0.1, -0.05) is 20.8 Å². The number of ether oxygens (including phenoxy) is 1. The van der Waals surface area contributed by atoms with Gasteiger partial charge in [0.1, 0.15) is 0 Å². The van der Waals surface area contributed by atoms with Gasteiger partial charge in [-0.15, -0.1) is 0 Å². The molecular formula is C14H25NO2. The van der Waals surface area contributed by atoms with E-state index in [1.807, 2.05) is 4.90 Å². The predicted octanol–water partition coefficient (Wildman–Crippen LogP) is 2.59. The molecule has 0 spiro atoms. The van der Waals surface area contributed by atoms with Gasteiger partial charge in [-0.2, -0.15) is 0 Å². The molecule has 98 valence electrons. The first-order valence-electron chi connectivity index (χ1n) is 6.77. The van der Waals surface area contributed by atoms with Gasteiger partial charge in [-0.25, -0.2) is 0 Å². The molecule has 1 saturated carbocycles. The van der Waals surface area contributed by atoms with Crippen molar-refractivity contribution >= 4 is 5.91 Å². The molecule has 3 heteroatoms. The van der Waals surface area contributed by atoms with Crippen molar-refractivity contribution < 1.29 is 9.53 Å². The summed E-state index contributed by atoms with van der Waals surface area (Å²) in [6, 6.07) is 0. The molecule has 1 aliphatic heterocycles. The summed E-state index contributed by atoms with van der Waals surface area (Å²) in [5, 5.41) is 0. The van der Waals surface area contributed by atoms with E-state index < -0.39 is 0 Å². The van der Waals surface area contributed by atoms with Gasteiger partial charge in [0.15, 0.2) is 0 Å². The molecule has 1 amide bonds. The Morgan fingerprint density at radius 3 is 2.12 bits per heavy atom. The molecule has 2 aliphatic rings. The van der Waals surface area contributed by atoms with Crippen molar-refractivity contribution in [3.63, 3.8) is 0 Å². The fourth-order valence-corrected chi connectivity index (χ4v) is 2.73. The van der Waals surface area contributed by atoms with Crippen molar-refractivity contribution in [3.8, 4) is 0 Å². The molecule has 3 nitrogen and oxygen atoms in total. The highest BCUT2D eigenvalue weighted by Gasteiger charge is 2.48. The van der Waals surface area contributed by atoms with Crippen LogP contribution >= 0.6 is 0 Å². The maximum atomic E-state index is 11.4. The van der Waals surface area contributed by atoms with Gasteiger partial charge in [-0.3, -0.25) is 4.79 Å². The lowest BCUT2D eigenvalue weighted by molar-refractivity contribution is -0.162. The zero-order valence-corrected chi connectivity index (χ0v) is 11.6. The molecule has 2 fully saturated rings. The van der Waals surface area contributed by atoms with E-state index in [-0.39, 0.29) is 16.9 Å². The number of hydrogen-bond acceptors (Lipinski definition) is 2. The minimum Gasteiger partial charge on any atom is -0.371 e. The molecule has 0 radical (unpaired) electrons. The largest absolute Gasteiger partial charge is 0.371 e. The first kappa shape index (κ1) is 12.9. The van der Waals surface area contributed by atoms with E-state index in [9.17, 15) is 4.79 Å². The van der Waals surface area contributed by atoms with Crippen LogP contribution in [-0.2, 0) is 9.53 Å². The van der Waals surface area contributed by atoms with Crippen molar-refractivity contribution in [2.75, 3.05) is 13.1 Å². The van der Waals surface area contributed by atoms with Crippen LogP contribution in [0.1, 0.15) is 53.4 Å². The topological polar surface area (TPSA) is 29.5 Å². The molecule has 1 saturated heterocycles. The summed E-state index contributed by atoms with van der Waals surface area (Å²) in [6.07, 6.45) is 4.87. The Labute approximate surface area is 105 Å². The molecule has 0 unspecified atom stereocenters. The zero-order chi connectivity index (χ0) is 12.7. The maximum absolute atomic E-state index is 11.4. The minimum atomic E-state index is -0.0277. The minimum absolute atomic E-state index is 0.0277. The van der Waals surface area contributed by atoms with E-state index in [0.717, 1.165) is 25.9 Å². The Balaban J connectivity index is 2.06. The van der Waals surface area contributed by atoms with Gasteiger partial charge in [0.05, 0.1) is 11.7 Å². The fourth-order valence-electron chi connectivity index (χ4n) is 2.73. The highest BCUT2D eigenvalue weighted by Crippen LogP contribution is 2.45. The number of likely N-dealkylation sites (tertiary alicyclic amines) is 1. The van der Waals surface area contributed by atoms with Crippen LogP contribution in [0, 0.1) is 5.41 Å². The lowest BCUT2D eigenvalue weighted by Crippen LogP contribution is -2.54. The molecule has 0 N–H and O–H groups in total. The standard InChI is InChI=1S/C14H25NO2/c1-11(16)15-9-7-14(8-10-15,13(2,3)4)17-12-5-6-12/h12H,5-10H2,1-4H3. The number of carbonyl (C=O) groups is 1. The number of piperidine rings is 1. The Morgan fingerprint density at radius 1 is 1.24 bits per heavy atom. The summed E-state index contributed by atoms with van der Waals surface area (Å²) in [4.78, 5) is 13.3. The quantitative estimate of drug-likeness (QED) is 0.741. The number of amides is 1. The van der Waals surface area contributed by atoms with Crippen LogP contribution in [0.25, 0.3) is 0 Å². The van der Waals surface area contributed by atoms with Crippen LogP contribution in [0.3, 0.4) is 0 Å². The number of hydrogen-bond donors (Lipinski definition) is 0. The second kappa shape index (κ2) is 4.27. The second-order valence-corrected chi connectivity index (χ2v) is 6.57. The molecule has 1 heterocycles. The van der Waals surface area contributed by atoms with Crippen molar-refractivity contribution in [1.82, 2.24) is 4.90 Å². The molecular weight excluding hydrogens is 214 g/mol. The van der Waals surface area contributed by atoms with Crippen molar-refractivity contribution in [3.05, 3.63) is 0 Å². The average Bonchev–Trinajstić information content (AvgIpc) is 3.00. The highest BCUT2D eigenvalue weighted by atomic mass is 16.5. The Morgan fingerprint density at radius 2 is 1.76 bits per heavy atom. The number of rotatable bonds is 2. The third-order valence-corrected chi connectivity index (χ3v) is 4.30. The van der Waals surface area contributed by atoms with Gasteiger partial charge in [0, 0.05) is 20.0 Å². The SMILES string of the molecule is CC(=O)N1CCC(OC2CC2)(C(C)(C)C)CC1. The second-order valence-electron chi connectivity index (χ2n) is 6.57.